The predicted molar refractivity (Wildman–Crippen MR) is 218 cm³/mol. The minimum atomic E-state index is -0.878. The molecular weight excluding hydrogens is 635 g/mol. The Morgan fingerprint density at radius 3 is 1.45 bits per heavy atom. The number of allylic oxidation sites excluding steroid dienone is 8. The summed E-state index contributed by atoms with van der Waals surface area (Å²) in [6.07, 6.45) is 44.8. The molecule has 0 rings (SSSR count). The Kier molecular flexibility index (Phi) is 33.9. The number of nitrogens with zero attached hydrogens (tertiary/aromatic N) is 1. The van der Waals surface area contributed by atoms with Crippen LogP contribution in [-0.2, 0) is 19.1 Å². The van der Waals surface area contributed by atoms with Crippen LogP contribution in [0.25, 0.3) is 0 Å². The molecule has 0 aromatic carbocycles. The Hall–Kier alpha value is -2.67. The van der Waals surface area contributed by atoms with Crippen molar-refractivity contribution in [2.75, 3.05) is 40.8 Å². The molecular formula is C44H80N3O4+. The summed E-state index contributed by atoms with van der Waals surface area (Å²) in [4.78, 5) is 38.1. The van der Waals surface area contributed by atoms with E-state index >= 15 is 0 Å². The van der Waals surface area contributed by atoms with Gasteiger partial charge in [0.2, 0.25) is 5.91 Å². The van der Waals surface area contributed by atoms with Gasteiger partial charge in [0, 0.05) is 13.0 Å². The fraction of sp³-hybridized carbons (Fsp3) is 0.750. The van der Waals surface area contributed by atoms with Crippen LogP contribution in [0.4, 0.5) is 0 Å². The lowest BCUT2D eigenvalue weighted by Gasteiger charge is -2.24. The average molecular weight is 715 g/mol. The third-order valence-electron chi connectivity index (χ3n) is 8.68. The molecule has 0 saturated heterocycles. The molecule has 0 aliphatic heterocycles. The largest absolute Gasteiger partial charge is 0.464 e. The Morgan fingerprint density at radius 1 is 0.549 bits per heavy atom. The van der Waals surface area contributed by atoms with Crippen LogP contribution in [0.5, 0.6) is 0 Å². The van der Waals surface area contributed by atoms with E-state index in [9.17, 15) is 14.4 Å². The van der Waals surface area contributed by atoms with Crippen molar-refractivity contribution in [2.24, 2.45) is 0 Å². The second kappa shape index (κ2) is 35.7. The van der Waals surface area contributed by atoms with E-state index in [1.54, 1.807) is 0 Å². The Morgan fingerprint density at radius 2 is 0.980 bits per heavy atom. The normalized spacial score (nSPS) is 12.8. The van der Waals surface area contributed by atoms with Gasteiger partial charge in [-0.15, -0.1) is 0 Å². The van der Waals surface area contributed by atoms with Crippen LogP contribution in [0.3, 0.4) is 0 Å². The summed E-state index contributed by atoms with van der Waals surface area (Å²) in [7, 11) is 5.81. The first-order valence-electron chi connectivity index (χ1n) is 20.8. The molecule has 7 nitrogen and oxygen atoms in total. The number of amides is 2. The van der Waals surface area contributed by atoms with E-state index in [1.165, 1.54) is 77.0 Å². The summed E-state index contributed by atoms with van der Waals surface area (Å²) < 4.78 is 6.04. The molecule has 0 aromatic heterocycles. The topological polar surface area (TPSA) is 84.5 Å². The van der Waals surface area contributed by atoms with Gasteiger partial charge in [0.25, 0.3) is 5.91 Å². The highest BCUT2D eigenvalue weighted by Gasteiger charge is 2.24. The Bertz CT molecular complexity index is 964. The maximum absolute atomic E-state index is 12.9. The summed E-state index contributed by atoms with van der Waals surface area (Å²) in [5.41, 5.74) is 0. The molecule has 0 aliphatic rings. The van der Waals surface area contributed by atoms with Crippen molar-refractivity contribution in [3.8, 4) is 0 Å². The van der Waals surface area contributed by atoms with E-state index in [4.69, 9.17) is 4.74 Å². The molecule has 51 heavy (non-hydrogen) atoms. The average Bonchev–Trinajstić information content (AvgIpc) is 3.08. The molecule has 294 valence electrons. The van der Waals surface area contributed by atoms with E-state index in [1.807, 2.05) is 21.1 Å². The van der Waals surface area contributed by atoms with Gasteiger partial charge in [0.15, 0.2) is 6.54 Å². The summed E-state index contributed by atoms with van der Waals surface area (Å²) in [5, 5.41) is 5.65. The summed E-state index contributed by atoms with van der Waals surface area (Å²) in [6, 6.07) is -0.878. The quantitative estimate of drug-likeness (QED) is 0.0296. The van der Waals surface area contributed by atoms with E-state index < -0.39 is 12.0 Å². The minimum absolute atomic E-state index is 0.0370. The summed E-state index contributed by atoms with van der Waals surface area (Å²) in [6.45, 7) is 5.13. The molecule has 0 radical (unpaired) electrons. The fourth-order valence-electron chi connectivity index (χ4n) is 5.62. The number of hydrogen-bond acceptors (Lipinski definition) is 4. The van der Waals surface area contributed by atoms with Crippen molar-refractivity contribution < 1.29 is 23.6 Å². The third kappa shape index (κ3) is 36.9. The van der Waals surface area contributed by atoms with Crippen molar-refractivity contribution in [1.82, 2.24) is 10.6 Å². The zero-order chi connectivity index (χ0) is 37.7. The molecule has 0 fully saturated rings. The van der Waals surface area contributed by atoms with Crippen molar-refractivity contribution in [1.29, 1.82) is 0 Å². The molecule has 0 bridgehead atoms. The second-order valence-electron chi connectivity index (χ2n) is 15.1. The van der Waals surface area contributed by atoms with Gasteiger partial charge >= 0.3 is 5.97 Å². The fourth-order valence-corrected chi connectivity index (χ4v) is 5.62. The number of unbranched alkanes of at least 4 members (excludes halogenated alkanes) is 17. The molecule has 2 amide bonds. The van der Waals surface area contributed by atoms with Gasteiger partial charge in [-0.2, -0.15) is 0 Å². The highest BCUT2D eigenvalue weighted by Crippen LogP contribution is 2.10. The minimum Gasteiger partial charge on any atom is -0.464 e. The van der Waals surface area contributed by atoms with Crippen LogP contribution in [0.15, 0.2) is 48.6 Å². The van der Waals surface area contributed by atoms with Gasteiger partial charge in [0.05, 0.1) is 27.7 Å². The van der Waals surface area contributed by atoms with Crippen LogP contribution in [0.1, 0.15) is 168 Å². The molecule has 2 N–H and O–H groups in total. The lowest BCUT2D eigenvalue weighted by Crippen LogP contribution is -2.51. The zero-order valence-electron chi connectivity index (χ0n) is 33.9. The zero-order valence-corrected chi connectivity index (χ0v) is 33.9. The molecule has 7 heteroatoms. The number of esters is 1. The number of quaternary nitrogens is 1. The molecule has 1 atom stereocenters. The van der Waals surface area contributed by atoms with Crippen LogP contribution >= 0.6 is 0 Å². The Balaban J connectivity index is 4.25. The van der Waals surface area contributed by atoms with E-state index in [2.05, 4.69) is 73.1 Å². The van der Waals surface area contributed by atoms with E-state index in [0.29, 0.717) is 17.5 Å². The highest BCUT2D eigenvalue weighted by atomic mass is 16.5. The number of nitrogens with one attached hydrogen (secondary N) is 2. The smallest absolute Gasteiger partial charge is 0.330 e. The molecule has 0 aliphatic carbocycles. The molecule has 0 unspecified atom stereocenters. The van der Waals surface area contributed by atoms with E-state index in [0.717, 1.165) is 70.6 Å². The van der Waals surface area contributed by atoms with Gasteiger partial charge in [-0.05, 0) is 77.0 Å². The molecule has 0 spiro atoms. The number of likely N-dealkylation sites (N-methyl/N-ethyl adjacent to an activating group) is 1. The number of carbonyl (C=O) groups is 3. The maximum Gasteiger partial charge on any atom is 0.330 e. The van der Waals surface area contributed by atoms with Crippen molar-refractivity contribution in [3.63, 3.8) is 0 Å². The highest BCUT2D eigenvalue weighted by molar-refractivity contribution is 5.85. The second-order valence-corrected chi connectivity index (χ2v) is 15.1. The number of ether oxygens (including phenoxy) is 1. The van der Waals surface area contributed by atoms with Crippen LogP contribution in [0, 0.1) is 0 Å². The summed E-state index contributed by atoms with van der Waals surface area (Å²) >= 11 is 0. The van der Waals surface area contributed by atoms with Crippen molar-refractivity contribution in [2.45, 2.75) is 174 Å². The SMILES string of the molecule is CCCCC/C=C\C/C=C\CCCCCCCCOC(=O)[C@H](CNC(=O)C[N+](C)(C)C)NC(=O)CCCCCCC/C=C\C/C=C\CCCCC. The molecule has 0 saturated carbocycles. The van der Waals surface area contributed by atoms with Gasteiger partial charge in [0.1, 0.15) is 6.04 Å². The summed E-state index contributed by atoms with van der Waals surface area (Å²) in [5.74, 6) is -0.804. The number of rotatable bonds is 35. The monoisotopic (exact) mass is 715 g/mol. The maximum atomic E-state index is 12.9. The van der Waals surface area contributed by atoms with Crippen LogP contribution < -0.4 is 10.6 Å². The van der Waals surface area contributed by atoms with Gasteiger partial charge in [-0.3, -0.25) is 9.59 Å². The van der Waals surface area contributed by atoms with Gasteiger partial charge in [-0.1, -0.05) is 133 Å². The number of carbonyl (C=O) groups excluding carboxylic acids is 3. The van der Waals surface area contributed by atoms with Gasteiger partial charge in [-0.25, -0.2) is 4.79 Å². The predicted octanol–water partition coefficient (Wildman–Crippen LogP) is 10.5. The molecule has 0 heterocycles. The standard InChI is InChI=1S/C44H79N3O4/c1-6-8-10-12-14-16-18-20-22-24-26-28-30-32-34-36-38-51-44(50)41(39-45-43(49)40-47(3,4)5)46-42(48)37-35-33-31-29-27-25-23-21-19-17-15-13-11-9-7-2/h14-17,20-23,41H,6-13,18-19,24-40H2,1-5H3,(H-,45,46,48,49)/p+1/b16-14-,17-15-,22-20-,23-21-/t41-/m0/s1. The third-order valence-corrected chi connectivity index (χ3v) is 8.68. The van der Waals surface area contributed by atoms with Crippen molar-refractivity contribution >= 4 is 17.8 Å². The Labute approximate surface area is 314 Å². The number of hydrogen-bond donors (Lipinski definition) is 2. The van der Waals surface area contributed by atoms with Gasteiger partial charge < -0.3 is 19.9 Å². The van der Waals surface area contributed by atoms with E-state index in [-0.39, 0.29) is 24.9 Å². The van der Waals surface area contributed by atoms with Crippen molar-refractivity contribution in [3.05, 3.63) is 48.6 Å². The lowest BCUT2D eigenvalue weighted by atomic mass is 10.1. The molecule has 0 aromatic rings. The first-order chi connectivity index (χ1) is 24.7. The lowest BCUT2D eigenvalue weighted by molar-refractivity contribution is -0.862. The van der Waals surface area contributed by atoms with Crippen LogP contribution in [-0.4, -0.2) is 69.1 Å². The first-order valence-corrected chi connectivity index (χ1v) is 20.8. The first kappa shape index (κ1) is 48.3. The van der Waals surface area contributed by atoms with Crippen LogP contribution in [0.2, 0.25) is 0 Å².